The smallest absolute Gasteiger partial charge is 0.266 e. The molecule has 1 saturated heterocycles. The summed E-state index contributed by atoms with van der Waals surface area (Å²) in [6.07, 6.45) is 3.61. The van der Waals surface area contributed by atoms with E-state index in [0.717, 1.165) is 29.8 Å². The van der Waals surface area contributed by atoms with Crippen LogP contribution in [-0.4, -0.2) is 29.1 Å². The molecule has 0 aliphatic carbocycles. The molecule has 1 aliphatic rings. The first-order valence-corrected chi connectivity index (χ1v) is 10.6. The van der Waals surface area contributed by atoms with Crippen molar-refractivity contribution in [2.45, 2.75) is 26.7 Å². The maximum Gasteiger partial charge on any atom is 0.266 e. The summed E-state index contributed by atoms with van der Waals surface area (Å²) in [5.41, 5.74) is 1.63. The van der Waals surface area contributed by atoms with Gasteiger partial charge in [0.15, 0.2) is 5.17 Å². The quantitative estimate of drug-likeness (QED) is 0.511. The number of thioether (sulfide) groups is 1. The van der Waals surface area contributed by atoms with Crippen molar-refractivity contribution in [3.8, 4) is 5.75 Å². The molecule has 0 saturated carbocycles. The predicted molar refractivity (Wildman–Crippen MR) is 118 cm³/mol. The maximum absolute atomic E-state index is 13.0. The van der Waals surface area contributed by atoms with Gasteiger partial charge in [-0.2, -0.15) is 0 Å². The van der Waals surface area contributed by atoms with Crippen molar-refractivity contribution in [2.75, 3.05) is 13.2 Å². The third kappa shape index (κ3) is 4.97. The molecule has 2 aromatic carbocycles. The minimum Gasteiger partial charge on any atom is -0.493 e. The van der Waals surface area contributed by atoms with E-state index in [2.05, 4.69) is 11.9 Å². The van der Waals surface area contributed by atoms with Crippen molar-refractivity contribution < 1.29 is 9.53 Å². The lowest BCUT2D eigenvalue weighted by Gasteiger charge is -2.14. The van der Waals surface area contributed by atoms with E-state index in [1.165, 1.54) is 11.8 Å². The van der Waals surface area contributed by atoms with Gasteiger partial charge in [-0.05, 0) is 61.0 Å². The van der Waals surface area contributed by atoms with Gasteiger partial charge in [-0.15, -0.1) is 0 Å². The largest absolute Gasteiger partial charge is 0.493 e. The zero-order valence-corrected chi connectivity index (χ0v) is 17.6. The van der Waals surface area contributed by atoms with Crippen molar-refractivity contribution in [3.05, 3.63) is 64.0 Å². The normalized spacial score (nSPS) is 17.0. The van der Waals surface area contributed by atoms with Crippen LogP contribution < -0.4 is 4.74 Å². The van der Waals surface area contributed by atoms with Gasteiger partial charge in [0.05, 0.1) is 17.2 Å². The second kappa shape index (κ2) is 9.80. The fourth-order valence-electron chi connectivity index (χ4n) is 2.74. The molecule has 1 fully saturated rings. The Kier molecular flexibility index (Phi) is 7.18. The van der Waals surface area contributed by atoms with Crippen molar-refractivity contribution in [2.24, 2.45) is 4.99 Å². The number of amidine groups is 1. The molecule has 1 heterocycles. The molecule has 0 atom stereocenters. The second-order valence-corrected chi connectivity index (χ2v) is 7.77. The van der Waals surface area contributed by atoms with Crippen LogP contribution in [0.4, 0.5) is 5.69 Å². The molecule has 4 nitrogen and oxygen atoms in total. The zero-order chi connectivity index (χ0) is 19.9. The van der Waals surface area contributed by atoms with Gasteiger partial charge in [-0.1, -0.05) is 43.6 Å². The number of rotatable bonds is 7. The van der Waals surface area contributed by atoms with E-state index in [0.29, 0.717) is 28.2 Å². The van der Waals surface area contributed by atoms with Crippen LogP contribution in [0.25, 0.3) is 6.08 Å². The molecule has 1 amide bonds. The molecule has 3 rings (SSSR count). The number of amides is 1. The summed E-state index contributed by atoms with van der Waals surface area (Å²) >= 11 is 7.56. The highest BCUT2D eigenvalue weighted by molar-refractivity contribution is 8.18. The monoisotopic (exact) mass is 414 g/mol. The third-order valence-electron chi connectivity index (χ3n) is 4.04. The second-order valence-electron chi connectivity index (χ2n) is 6.33. The summed E-state index contributed by atoms with van der Waals surface area (Å²) < 4.78 is 5.82. The molecule has 0 N–H and O–H groups in total. The summed E-state index contributed by atoms with van der Waals surface area (Å²) in [4.78, 5) is 20.0. The van der Waals surface area contributed by atoms with E-state index in [1.54, 1.807) is 11.0 Å². The number of benzene rings is 2. The predicted octanol–water partition coefficient (Wildman–Crippen LogP) is 6.14. The number of nitrogens with zero attached hydrogens (tertiary/aromatic N) is 2. The van der Waals surface area contributed by atoms with Crippen molar-refractivity contribution in [1.82, 2.24) is 4.90 Å². The Morgan fingerprint density at radius 2 is 1.93 bits per heavy atom. The van der Waals surface area contributed by atoms with Crippen LogP contribution in [0.5, 0.6) is 5.75 Å². The van der Waals surface area contributed by atoms with Gasteiger partial charge in [0, 0.05) is 17.1 Å². The molecule has 146 valence electrons. The van der Waals surface area contributed by atoms with Gasteiger partial charge in [0.1, 0.15) is 5.75 Å². The van der Waals surface area contributed by atoms with Gasteiger partial charge in [0.2, 0.25) is 0 Å². The van der Waals surface area contributed by atoms with Crippen LogP contribution in [-0.2, 0) is 4.79 Å². The first-order chi connectivity index (χ1) is 13.6. The zero-order valence-electron chi connectivity index (χ0n) is 16.0. The lowest BCUT2D eigenvalue weighted by Crippen LogP contribution is -2.29. The molecule has 0 radical (unpaired) electrons. The van der Waals surface area contributed by atoms with Crippen LogP contribution in [0.15, 0.2) is 58.4 Å². The number of hydrogen-bond acceptors (Lipinski definition) is 4. The van der Waals surface area contributed by atoms with Crippen LogP contribution in [0.2, 0.25) is 5.02 Å². The fourth-order valence-corrected chi connectivity index (χ4v) is 3.94. The number of ether oxygens (including phenoxy) is 1. The number of carbonyl (C=O) groups is 1. The summed E-state index contributed by atoms with van der Waals surface area (Å²) in [5, 5.41) is 1.30. The fraction of sp³-hybridized carbons (Fsp3) is 0.273. The minimum absolute atomic E-state index is 0.0389. The number of hydrogen-bond donors (Lipinski definition) is 0. The molecule has 0 spiro atoms. The van der Waals surface area contributed by atoms with E-state index in [1.807, 2.05) is 55.5 Å². The van der Waals surface area contributed by atoms with E-state index in [4.69, 9.17) is 16.3 Å². The van der Waals surface area contributed by atoms with Crippen molar-refractivity contribution in [3.63, 3.8) is 0 Å². The number of para-hydroxylation sites is 1. The maximum atomic E-state index is 13.0. The Morgan fingerprint density at radius 1 is 1.14 bits per heavy atom. The Bertz CT molecular complexity index is 897. The van der Waals surface area contributed by atoms with E-state index in [9.17, 15) is 4.79 Å². The first kappa shape index (κ1) is 20.5. The highest BCUT2D eigenvalue weighted by atomic mass is 35.5. The van der Waals surface area contributed by atoms with Crippen LogP contribution in [0.3, 0.4) is 0 Å². The van der Waals surface area contributed by atoms with E-state index in [-0.39, 0.29) is 5.91 Å². The number of aliphatic imine (C=N–C) groups is 1. The van der Waals surface area contributed by atoms with Gasteiger partial charge in [-0.3, -0.25) is 9.69 Å². The molecule has 2 aromatic rings. The SMILES string of the molecule is CCCOc1ccc(Cl)cc1/C=C1/SC(=Nc2ccccc2)N(CCC)C1=O. The topological polar surface area (TPSA) is 41.9 Å². The summed E-state index contributed by atoms with van der Waals surface area (Å²) in [6, 6.07) is 15.1. The molecule has 6 heteroatoms. The molecule has 0 unspecified atom stereocenters. The first-order valence-electron chi connectivity index (χ1n) is 9.40. The van der Waals surface area contributed by atoms with Gasteiger partial charge in [0.25, 0.3) is 5.91 Å². The van der Waals surface area contributed by atoms with E-state index < -0.39 is 0 Å². The summed E-state index contributed by atoms with van der Waals surface area (Å²) in [7, 11) is 0. The Balaban J connectivity index is 1.95. The van der Waals surface area contributed by atoms with Crippen LogP contribution in [0, 0.1) is 0 Å². The van der Waals surface area contributed by atoms with Crippen LogP contribution >= 0.6 is 23.4 Å². The highest BCUT2D eigenvalue weighted by Gasteiger charge is 2.33. The number of carbonyl (C=O) groups excluding carboxylic acids is 1. The van der Waals surface area contributed by atoms with Crippen molar-refractivity contribution in [1.29, 1.82) is 0 Å². The molecular formula is C22H23ClN2O2S. The average Bonchev–Trinajstić information content (AvgIpc) is 2.97. The molecule has 0 aromatic heterocycles. The van der Waals surface area contributed by atoms with Gasteiger partial charge >= 0.3 is 0 Å². The average molecular weight is 415 g/mol. The molecule has 28 heavy (non-hydrogen) atoms. The lowest BCUT2D eigenvalue weighted by atomic mass is 10.2. The standard InChI is InChI=1S/C22H23ClN2O2S/c1-3-12-25-21(26)20(28-22(25)24-18-8-6-5-7-9-18)15-16-14-17(23)10-11-19(16)27-13-4-2/h5-11,14-15H,3-4,12-13H2,1-2H3/b20-15+,24-22?. The lowest BCUT2D eigenvalue weighted by molar-refractivity contribution is -0.122. The minimum atomic E-state index is -0.0389. The number of halogens is 1. The molecule has 1 aliphatic heterocycles. The van der Waals surface area contributed by atoms with Crippen molar-refractivity contribution >= 4 is 46.2 Å². The van der Waals surface area contributed by atoms with E-state index >= 15 is 0 Å². The summed E-state index contributed by atoms with van der Waals surface area (Å²) in [5.74, 6) is 0.686. The highest BCUT2D eigenvalue weighted by Crippen LogP contribution is 2.36. The summed E-state index contributed by atoms with van der Waals surface area (Å²) in [6.45, 7) is 5.35. The van der Waals surface area contributed by atoms with Crippen LogP contribution in [0.1, 0.15) is 32.3 Å². The molecule has 0 bridgehead atoms. The van der Waals surface area contributed by atoms with Gasteiger partial charge < -0.3 is 4.74 Å². The molecular weight excluding hydrogens is 392 g/mol. The Hall–Kier alpha value is -2.24. The van der Waals surface area contributed by atoms with Gasteiger partial charge in [-0.25, -0.2) is 4.99 Å². The Labute approximate surface area is 175 Å². The third-order valence-corrected chi connectivity index (χ3v) is 5.28. The Morgan fingerprint density at radius 3 is 2.64 bits per heavy atom.